The maximum absolute atomic E-state index is 12.7. The molecule has 1 saturated heterocycles. The lowest BCUT2D eigenvalue weighted by Gasteiger charge is -2.32. The van der Waals surface area contributed by atoms with Gasteiger partial charge in [-0.25, -0.2) is 0 Å². The van der Waals surface area contributed by atoms with Gasteiger partial charge in [0.25, 0.3) is 0 Å². The lowest BCUT2D eigenvalue weighted by Crippen LogP contribution is -2.38. The van der Waals surface area contributed by atoms with Crippen molar-refractivity contribution in [3.8, 4) is 0 Å². The van der Waals surface area contributed by atoms with Gasteiger partial charge in [-0.05, 0) is 62.4 Å². The van der Waals surface area contributed by atoms with Crippen LogP contribution in [0.2, 0.25) is 0 Å². The molecule has 1 aliphatic carbocycles. The Morgan fingerprint density at radius 1 is 1.05 bits per heavy atom. The Hall–Kier alpha value is -1.41. The van der Waals surface area contributed by atoms with Crippen LogP contribution in [0.15, 0.2) is 35.9 Å². The highest BCUT2D eigenvalue weighted by Gasteiger charge is 2.28. The van der Waals surface area contributed by atoms with Crippen molar-refractivity contribution in [3.63, 3.8) is 0 Å². The molecule has 112 valence electrons. The summed E-state index contributed by atoms with van der Waals surface area (Å²) in [5.74, 6) is 0.627. The van der Waals surface area contributed by atoms with E-state index in [1.54, 1.807) is 0 Å². The van der Waals surface area contributed by atoms with E-state index >= 15 is 0 Å². The van der Waals surface area contributed by atoms with Crippen LogP contribution >= 0.6 is 0 Å². The maximum atomic E-state index is 12.7. The highest BCUT2D eigenvalue weighted by atomic mass is 16.1. The molecule has 0 radical (unpaired) electrons. The van der Waals surface area contributed by atoms with Crippen molar-refractivity contribution in [1.29, 1.82) is 0 Å². The van der Waals surface area contributed by atoms with Gasteiger partial charge in [-0.2, -0.15) is 0 Å². The number of hydrogen-bond acceptors (Lipinski definition) is 2. The summed E-state index contributed by atoms with van der Waals surface area (Å²) in [5, 5.41) is 0. The normalized spacial score (nSPS) is 26.2. The standard InChI is InChI=1S/C19H25NO/c21-19-17(14-16-8-3-1-4-9-16)10-7-11-18(19)15-20-12-5-2-6-13-20/h1,3-4,8-9,14,18H,2,5-7,10-13,15H2/b17-14+/t18-/m1/s1. The van der Waals surface area contributed by atoms with E-state index in [1.807, 2.05) is 18.2 Å². The number of allylic oxidation sites excluding steroid dienone is 1. The molecule has 3 rings (SSSR count). The first kappa shape index (κ1) is 14.5. The average Bonchev–Trinajstić information content (AvgIpc) is 2.53. The molecule has 0 N–H and O–H groups in total. The summed E-state index contributed by atoms with van der Waals surface area (Å²) >= 11 is 0. The molecule has 0 unspecified atom stereocenters. The Balaban J connectivity index is 1.67. The molecule has 0 amide bonds. The molecule has 1 aromatic carbocycles. The summed E-state index contributed by atoms with van der Waals surface area (Å²) in [7, 11) is 0. The molecule has 1 aromatic rings. The predicted molar refractivity (Wildman–Crippen MR) is 87.1 cm³/mol. The minimum atomic E-state index is 0.229. The summed E-state index contributed by atoms with van der Waals surface area (Å²) in [4.78, 5) is 15.2. The van der Waals surface area contributed by atoms with Crippen LogP contribution in [-0.4, -0.2) is 30.3 Å². The van der Waals surface area contributed by atoms with Crippen molar-refractivity contribution in [3.05, 3.63) is 41.5 Å². The number of carbonyl (C=O) groups excluding carboxylic acids is 1. The maximum Gasteiger partial charge on any atom is 0.163 e. The van der Waals surface area contributed by atoms with Crippen molar-refractivity contribution in [2.45, 2.75) is 38.5 Å². The SMILES string of the molecule is O=C1/C(=C/c2ccccc2)CCC[C@@H]1CN1CCCCC1. The van der Waals surface area contributed by atoms with Gasteiger partial charge in [-0.1, -0.05) is 36.8 Å². The highest BCUT2D eigenvalue weighted by Crippen LogP contribution is 2.28. The Morgan fingerprint density at radius 3 is 2.57 bits per heavy atom. The van der Waals surface area contributed by atoms with Crippen LogP contribution in [0.1, 0.15) is 44.1 Å². The third-order valence-electron chi connectivity index (χ3n) is 4.75. The van der Waals surface area contributed by atoms with Gasteiger partial charge in [-0.3, -0.25) is 4.79 Å². The molecule has 2 nitrogen and oxygen atoms in total. The number of Topliss-reactive ketones (excluding diaryl/α,β-unsaturated/α-hetero) is 1. The van der Waals surface area contributed by atoms with Gasteiger partial charge in [0.2, 0.25) is 0 Å². The van der Waals surface area contributed by atoms with Crippen molar-refractivity contribution < 1.29 is 4.79 Å². The van der Waals surface area contributed by atoms with E-state index < -0.39 is 0 Å². The number of ketones is 1. The number of nitrogens with zero attached hydrogens (tertiary/aromatic N) is 1. The minimum absolute atomic E-state index is 0.229. The van der Waals surface area contributed by atoms with Gasteiger partial charge in [0, 0.05) is 12.5 Å². The van der Waals surface area contributed by atoms with E-state index in [2.05, 4.69) is 23.1 Å². The Morgan fingerprint density at radius 2 is 1.81 bits per heavy atom. The van der Waals surface area contributed by atoms with E-state index in [-0.39, 0.29) is 5.92 Å². The number of rotatable bonds is 3. The zero-order valence-corrected chi connectivity index (χ0v) is 12.8. The van der Waals surface area contributed by atoms with Crippen LogP contribution in [-0.2, 0) is 4.79 Å². The summed E-state index contributed by atoms with van der Waals surface area (Å²) in [6.45, 7) is 3.34. The summed E-state index contributed by atoms with van der Waals surface area (Å²) in [6, 6.07) is 10.2. The molecule has 1 atom stereocenters. The molecule has 1 heterocycles. The molecule has 0 aromatic heterocycles. The third-order valence-corrected chi connectivity index (χ3v) is 4.75. The van der Waals surface area contributed by atoms with Crippen molar-refractivity contribution in [2.24, 2.45) is 5.92 Å². The van der Waals surface area contributed by atoms with E-state index in [1.165, 1.54) is 32.4 Å². The number of carbonyl (C=O) groups is 1. The quantitative estimate of drug-likeness (QED) is 0.784. The van der Waals surface area contributed by atoms with Crippen LogP contribution in [0, 0.1) is 5.92 Å². The molecule has 0 bridgehead atoms. The topological polar surface area (TPSA) is 20.3 Å². The van der Waals surface area contributed by atoms with Crippen LogP contribution < -0.4 is 0 Å². The average molecular weight is 283 g/mol. The molecular formula is C19H25NO. The van der Waals surface area contributed by atoms with Crippen LogP contribution in [0.4, 0.5) is 0 Å². The molecular weight excluding hydrogens is 258 g/mol. The van der Waals surface area contributed by atoms with E-state index in [0.717, 1.165) is 36.9 Å². The number of piperidine rings is 1. The molecule has 2 aliphatic rings. The first-order valence-corrected chi connectivity index (χ1v) is 8.35. The molecule has 1 aliphatic heterocycles. The van der Waals surface area contributed by atoms with Gasteiger partial charge in [0.15, 0.2) is 5.78 Å². The molecule has 0 spiro atoms. The zero-order chi connectivity index (χ0) is 14.5. The van der Waals surface area contributed by atoms with Gasteiger partial charge >= 0.3 is 0 Å². The van der Waals surface area contributed by atoms with Crippen molar-refractivity contribution in [2.75, 3.05) is 19.6 Å². The van der Waals surface area contributed by atoms with Gasteiger partial charge < -0.3 is 4.90 Å². The van der Waals surface area contributed by atoms with Gasteiger partial charge in [-0.15, -0.1) is 0 Å². The van der Waals surface area contributed by atoms with Crippen LogP contribution in [0.25, 0.3) is 6.08 Å². The van der Waals surface area contributed by atoms with Crippen LogP contribution in [0.3, 0.4) is 0 Å². The van der Waals surface area contributed by atoms with Gasteiger partial charge in [0.05, 0.1) is 0 Å². The number of hydrogen-bond donors (Lipinski definition) is 0. The third kappa shape index (κ3) is 3.82. The molecule has 1 saturated carbocycles. The predicted octanol–water partition coefficient (Wildman–Crippen LogP) is 3.93. The monoisotopic (exact) mass is 283 g/mol. The molecule has 2 heteroatoms. The smallest absolute Gasteiger partial charge is 0.163 e. The number of benzene rings is 1. The fourth-order valence-electron chi connectivity index (χ4n) is 3.58. The van der Waals surface area contributed by atoms with Crippen molar-refractivity contribution in [1.82, 2.24) is 4.90 Å². The summed E-state index contributed by atoms with van der Waals surface area (Å²) in [6.07, 6.45) is 9.23. The zero-order valence-electron chi connectivity index (χ0n) is 12.8. The fourth-order valence-corrected chi connectivity index (χ4v) is 3.58. The first-order valence-electron chi connectivity index (χ1n) is 8.35. The lowest BCUT2D eigenvalue weighted by atomic mass is 9.83. The second-order valence-corrected chi connectivity index (χ2v) is 6.39. The minimum Gasteiger partial charge on any atom is -0.303 e. The van der Waals surface area contributed by atoms with Crippen LogP contribution in [0.5, 0.6) is 0 Å². The highest BCUT2D eigenvalue weighted by molar-refractivity contribution is 6.01. The second-order valence-electron chi connectivity index (χ2n) is 6.39. The van der Waals surface area contributed by atoms with Gasteiger partial charge in [0.1, 0.15) is 0 Å². The molecule has 2 fully saturated rings. The first-order chi connectivity index (χ1) is 10.3. The van der Waals surface area contributed by atoms with E-state index in [0.29, 0.717) is 5.78 Å². The number of likely N-dealkylation sites (tertiary alicyclic amines) is 1. The summed E-state index contributed by atoms with van der Waals surface area (Å²) in [5.41, 5.74) is 2.19. The fraction of sp³-hybridized carbons (Fsp3) is 0.526. The van der Waals surface area contributed by atoms with E-state index in [9.17, 15) is 4.79 Å². The lowest BCUT2D eigenvalue weighted by molar-refractivity contribution is -0.121. The van der Waals surface area contributed by atoms with Crippen molar-refractivity contribution >= 4 is 11.9 Å². The van der Waals surface area contributed by atoms with E-state index in [4.69, 9.17) is 0 Å². The summed E-state index contributed by atoms with van der Waals surface area (Å²) < 4.78 is 0. The largest absolute Gasteiger partial charge is 0.303 e. The Kier molecular flexibility index (Phi) is 4.87. The second kappa shape index (κ2) is 7.04. The Bertz CT molecular complexity index is 500. The molecule has 21 heavy (non-hydrogen) atoms. The Labute approximate surface area is 127 Å².